The Morgan fingerprint density at radius 2 is 1.93 bits per heavy atom. The Morgan fingerprint density at radius 1 is 1.20 bits per heavy atom. The summed E-state index contributed by atoms with van der Waals surface area (Å²) >= 11 is 0. The molecule has 1 aromatic heterocycles. The van der Waals surface area contributed by atoms with Crippen molar-refractivity contribution in [3.8, 4) is 11.5 Å². The lowest BCUT2D eigenvalue weighted by Crippen LogP contribution is -2.23. The maximum absolute atomic E-state index is 11.7. The average Bonchev–Trinajstić information content (AvgIpc) is 3.01. The van der Waals surface area contributed by atoms with E-state index >= 15 is 0 Å². The van der Waals surface area contributed by atoms with E-state index in [0.29, 0.717) is 17.1 Å². The number of fused-ring (bicyclic) bond motifs is 1. The van der Waals surface area contributed by atoms with Gasteiger partial charge in [-0.3, -0.25) is 14.9 Å². The minimum absolute atomic E-state index is 0.168. The Labute approximate surface area is 174 Å². The molecule has 0 aliphatic carbocycles. The number of nitro groups is 1. The van der Waals surface area contributed by atoms with Gasteiger partial charge in [-0.15, -0.1) is 0 Å². The molecule has 3 rings (SSSR count). The highest BCUT2D eigenvalue weighted by Crippen LogP contribution is 2.40. The summed E-state index contributed by atoms with van der Waals surface area (Å²) in [6.45, 7) is 1.40. The maximum Gasteiger partial charge on any atom is 0.217 e. The molecular weight excluding hydrogens is 386 g/mol. The van der Waals surface area contributed by atoms with Crippen molar-refractivity contribution in [2.45, 2.75) is 19.4 Å². The highest BCUT2D eigenvalue weighted by molar-refractivity contribution is 5.87. The molecular formula is C22H25N3O5. The van der Waals surface area contributed by atoms with Crippen molar-refractivity contribution >= 4 is 16.8 Å². The van der Waals surface area contributed by atoms with Crippen molar-refractivity contribution in [2.24, 2.45) is 7.05 Å². The Hall–Kier alpha value is -3.55. The van der Waals surface area contributed by atoms with E-state index < -0.39 is 5.92 Å². The van der Waals surface area contributed by atoms with E-state index in [-0.39, 0.29) is 23.9 Å². The summed E-state index contributed by atoms with van der Waals surface area (Å²) in [6, 6.07) is 13.0. The second-order valence-electron chi connectivity index (χ2n) is 7.02. The first-order valence-electron chi connectivity index (χ1n) is 9.51. The fraction of sp³-hybridized carbons (Fsp3) is 0.318. The molecule has 0 spiro atoms. The van der Waals surface area contributed by atoms with Crippen molar-refractivity contribution in [1.82, 2.24) is 9.88 Å². The first-order chi connectivity index (χ1) is 14.4. The predicted octanol–water partition coefficient (Wildman–Crippen LogP) is 3.24. The molecule has 8 nitrogen and oxygen atoms in total. The lowest BCUT2D eigenvalue weighted by molar-refractivity contribution is -0.481. The lowest BCUT2D eigenvalue weighted by Gasteiger charge is -2.19. The highest BCUT2D eigenvalue weighted by Gasteiger charge is 2.30. The van der Waals surface area contributed by atoms with Crippen LogP contribution in [0.25, 0.3) is 10.9 Å². The summed E-state index contributed by atoms with van der Waals surface area (Å²) in [5.41, 5.74) is 3.25. The zero-order valence-corrected chi connectivity index (χ0v) is 17.5. The quantitative estimate of drug-likeness (QED) is 0.453. The summed E-state index contributed by atoms with van der Waals surface area (Å²) in [5, 5.41) is 15.4. The second kappa shape index (κ2) is 8.86. The van der Waals surface area contributed by atoms with Crippen LogP contribution in [0.3, 0.4) is 0 Å². The van der Waals surface area contributed by atoms with Gasteiger partial charge < -0.3 is 19.4 Å². The first kappa shape index (κ1) is 21.2. The topological polar surface area (TPSA) is 95.6 Å². The Kier molecular flexibility index (Phi) is 6.25. The van der Waals surface area contributed by atoms with Crippen LogP contribution in [0.15, 0.2) is 42.5 Å². The van der Waals surface area contributed by atoms with E-state index in [1.54, 1.807) is 25.3 Å². The molecule has 0 fully saturated rings. The molecule has 0 aliphatic heterocycles. The molecule has 30 heavy (non-hydrogen) atoms. The van der Waals surface area contributed by atoms with E-state index in [4.69, 9.17) is 9.47 Å². The van der Waals surface area contributed by atoms with Crippen molar-refractivity contribution in [1.29, 1.82) is 0 Å². The average molecular weight is 411 g/mol. The number of aromatic nitrogens is 1. The second-order valence-corrected chi connectivity index (χ2v) is 7.02. The number of para-hydroxylation sites is 1. The summed E-state index contributed by atoms with van der Waals surface area (Å²) < 4.78 is 12.8. The SMILES string of the molecule is COc1ccc([C@@H](C[N+](=O)[O-])c2c(CNC(C)=O)n(C)c3ccccc23)c(OC)c1. The number of nitrogens with one attached hydrogen (secondary N) is 1. The largest absolute Gasteiger partial charge is 0.497 e. The molecule has 0 unspecified atom stereocenters. The van der Waals surface area contributed by atoms with Crippen molar-refractivity contribution < 1.29 is 19.2 Å². The molecule has 0 saturated heterocycles. The summed E-state index contributed by atoms with van der Waals surface area (Å²) in [5.74, 6) is 0.376. The summed E-state index contributed by atoms with van der Waals surface area (Å²) in [7, 11) is 4.99. The number of carbonyl (C=O) groups excluding carboxylic acids is 1. The maximum atomic E-state index is 11.7. The standard InChI is InChI=1S/C22H25N3O5/c1-14(26)23-12-20-22(17-7-5-6-8-19(17)24(20)2)18(13-25(27)28)16-10-9-15(29-3)11-21(16)30-4/h5-11,18H,12-13H2,1-4H3,(H,23,26)/t18-/m1/s1. The number of rotatable bonds is 8. The van der Waals surface area contributed by atoms with Gasteiger partial charge in [-0.2, -0.15) is 0 Å². The number of benzene rings is 2. The van der Waals surface area contributed by atoms with Gasteiger partial charge in [0.05, 0.1) is 26.7 Å². The van der Waals surface area contributed by atoms with Crippen LogP contribution in [-0.4, -0.2) is 36.2 Å². The molecule has 0 radical (unpaired) electrons. The number of aryl methyl sites for hydroxylation is 1. The van der Waals surface area contributed by atoms with Crippen LogP contribution in [0.2, 0.25) is 0 Å². The van der Waals surface area contributed by atoms with Gasteiger partial charge >= 0.3 is 0 Å². The minimum Gasteiger partial charge on any atom is -0.497 e. The molecule has 1 heterocycles. The van der Waals surface area contributed by atoms with Gasteiger partial charge in [0, 0.05) is 47.1 Å². The number of methoxy groups -OCH3 is 2. The van der Waals surface area contributed by atoms with Crippen LogP contribution < -0.4 is 14.8 Å². The molecule has 0 saturated carbocycles. The van der Waals surface area contributed by atoms with Crippen LogP contribution in [0.5, 0.6) is 11.5 Å². The fourth-order valence-electron chi connectivity index (χ4n) is 3.89. The number of hydrogen-bond acceptors (Lipinski definition) is 5. The van der Waals surface area contributed by atoms with Crippen LogP contribution in [0.1, 0.15) is 29.7 Å². The Bertz CT molecular complexity index is 1090. The molecule has 2 aromatic carbocycles. The van der Waals surface area contributed by atoms with Crippen LogP contribution in [-0.2, 0) is 18.4 Å². The van der Waals surface area contributed by atoms with Gasteiger partial charge in [-0.1, -0.05) is 24.3 Å². The zero-order chi connectivity index (χ0) is 21.8. The molecule has 158 valence electrons. The third kappa shape index (κ3) is 4.07. The van der Waals surface area contributed by atoms with Crippen molar-refractivity contribution in [3.05, 3.63) is 69.4 Å². The number of amides is 1. The zero-order valence-electron chi connectivity index (χ0n) is 17.5. The molecule has 8 heteroatoms. The van der Waals surface area contributed by atoms with Crippen LogP contribution >= 0.6 is 0 Å². The van der Waals surface area contributed by atoms with E-state index in [0.717, 1.165) is 22.2 Å². The molecule has 1 atom stereocenters. The summed E-state index contributed by atoms with van der Waals surface area (Å²) in [6.07, 6.45) is 0. The van der Waals surface area contributed by atoms with Gasteiger partial charge in [-0.25, -0.2) is 0 Å². The lowest BCUT2D eigenvalue weighted by atomic mass is 9.88. The third-order valence-corrected chi connectivity index (χ3v) is 5.27. The summed E-state index contributed by atoms with van der Waals surface area (Å²) in [4.78, 5) is 22.9. The number of hydrogen-bond donors (Lipinski definition) is 1. The molecule has 1 N–H and O–H groups in total. The molecule has 0 aliphatic rings. The monoisotopic (exact) mass is 411 g/mol. The molecule has 1 amide bonds. The first-order valence-corrected chi connectivity index (χ1v) is 9.51. The Morgan fingerprint density at radius 3 is 2.57 bits per heavy atom. The van der Waals surface area contributed by atoms with Gasteiger partial charge in [0.15, 0.2) is 0 Å². The smallest absolute Gasteiger partial charge is 0.217 e. The van der Waals surface area contributed by atoms with Gasteiger partial charge in [0.2, 0.25) is 12.5 Å². The number of carbonyl (C=O) groups is 1. The predicted molar refractivity (Wildman–Crippen MR) is 114 cm³/mol. The van der Waals surface area contributed by atoms with E-state index in [1.807, 2.05) is 35.9 Å². The fourth-order valence-corrected chi connectivity index (χ4v) is 3.89. The molecule has 0 bridgehead atoms. The third-order valence-electron chi connectivity index (χ3n) is 5.27. The number of ether oxygens (including phenoxy) is 2. The van der Waals surface area contributed by atoms with Crippen molar-refractivity contribution in [2.75, 3.05) is 20.8 Å². The highest BCUT2D eigenvalue weighted by atomic mass is 16.6. The van der Waals surface area contributed by atoms with Gasteiger partial charge in [-0.05, 0) is 17.7 Å². The van der Waals surface area contributed by atoms with Gasteiger partial charge in [0.25, 0.3) is 0 Å². The van der Waals surface area contributed by atoms with Crippen LogP contribution in [0, 0.1) is 10.1 Å². The van der Waals surface area contributed by atoms with Crippen molar-refractivity contribution in [3.63, 3.8) is 0 Å². The van der Waals surface area contributed by atoms with E-state index in [2.05, 4.69) is 5.32 Å². The van der Waals surface area contributed by atoms with Crippen LogP contribution in [0.4, 0.5) is 0 Å². The van der Waals surface area contributed by atoms with E-state index in [9.17, 15) is 14.9 Å². The Balaban J connectivity index is 2.28. The van der Waals surface area contributed by atoms with Gasteiger partial charge in [0.1, 0.15) is 11.5 Å². The minimum atomic E-state index is -0.573. The van der Waals surface area contributed by atoms with E-state index in [1.165, 1.54) is 14.0 Å². The normalized spacial score (nSPS) is 11.9. The molecule has 3 aromatic rings. The number of nitrogens with zero attached hydrogens (tertiary/aromatic N) is 2.